The van der Waals surface area contributed by atoms with Gasteiger partial charge in [0, 0.05) is 13.1 Å². The number of hydrogen-bond donors (Lipinski definition) is 1. The average Bonchev–Trinajstić information content (AvgIpc) is 2.01. The van der Waals surface area contributed by atoms with Gasteiger partial charge in [0.05, 0.1) is 11.2 Å². The van der Waals surface area contributed by atoms with Crippen LogP contribution in [-0.4, -0.2) is 24.3 Å². The molecule has 14 heavy (non-hydrogen) atoms. The van der Waals surface area contributed by atoms with Gasteiger partial charge in [-0.05, 0) is 27.2 Å². The van der Waals surface area contributed by atoms with Crippen molar-refractivity contribution in [2.75, 3.05) is 13.1 Å². The van der Waals surface area contributed by atoms with Gasteiger partial charge in [-0.15, -0.1) is 0 Å². The van der Waals surface area contributed by atoms with Crippen LogP contribution in [0, 0.1) is 0 Å². The van der Waals surface area contributed by atoms with Crippen LogP contribution < -0.4 is 5.32 Å². The van der Waals surface area contributed by atoms with Crippen LogP contribution in [-0.2, 0) is 4.74 Å². The molecule has 0 radical (unpaired) electrons. The van der Waals surface area contributed by atoms with Crippen LogP contribution in [0.25, 0.3) is 0 Å². The molecule has 1 unspecified atom stereocenters. The molecule has 0 saturated carbocycles. The van der Waals surface area contributed by atoms with Crippen LogP contribution in [0.1, 0.15) is 53.4 Å². The summed E-state index contributed by atoms with van der Waals surface area (Å²) in [4.78, 5) is 0. The quantitative estimate of drug-likeness (QED) is 0.703. The van der Waals surface area contributed by atoms with E-state index in [2.05, 4.69) is 33.0 Å². The molecule has 1 N–H and O–H groups in total. The van der Waals surface area contributed by atoms with Gasteiger partial charge in [0.2, 0.25) is 0 Å². The summed E-state index contributed by atoms with van der Waals surface area (Å²) in [5.41, 5.74) is 0.0517. The van der Waals surface area contributed by atoms with E-state index >= 15 is 0 Å². The molecule has 0 aliphatic carbocycles. The first-order chi connectivity index (χ1) is 6.47. The minimum Gasteiger partial charge on any atom is -0.367 e. The van der Waals surface area contributed by atoms with E-state index in [0.29, 0.717) is 0 Å². The summed E-state index contributed by atoms with van der Waals surface area (Å²) < 4.78 is 6.15. The standard InChI is InChI=1S/C12H25NO/c1-5-6-7-8-12(4)10-13-9-11(2,3)14-12/h13H,5-10H2,1-4H3. The molecule has 1 atom stereocenters. The Kier molecular flexibility index (Phi) is 3.96. The first-order valence-electron chi connectivity index (χ1n) is 5.88. The molecular formula is C12H25NO. The number of rotatable bonds is 4. The summed E-state index contributed by atoms with van der Waals surface area (Å²) in [6.07, 6.45) is 5.06. The fourth-order valence-corrected chi connectivity index (χ4v) is 2.26. The van der Waals surface area contributed by atoms with E-state index in [4.69, 9.17) is 4.74 Å². The van der Waals surface area contributed by atoms with Gasteiger partial charge in [-0.25, -0.2) is 0 Å². The zero-order chi connectivity index (χ0) is 10.7. The Morgan fingerprint density at radius 3 is 2.43 bits per heavy atom. The Bertz CT molecular complexity index is 179. The third-order valence-corrected chi connectivity index (χ3v) is 2.88. The van der Waals surface area contributed by atoms with E-state index in [-0.39, 0.29) is 11.2 Å². The topological polar surface area (TPSA) is 21.3 Å². The number of hydrogen-bond acceptors (Lipinski definition) is 2. The summed E-state index contributed by atoms with van der Waals surface area (Å²) in [5, 5.41) is 3.47. The van der Waals surface area contributed by atoms with Crippen molar-refractivity contribution in [3.63, 3.8) is 0 Å². The largest absolute Gasteiger partial charge is 0.367 e. The smallest absolute Gasteiger partial charge is 0.0786 e. The second kappa shape index (κ2) is 4.63. The van der Waals surface area contributed by atoms with Crippen molar-refractivity contribution < 1.29 is 4.74 Å². The second-order valence-corrected chi connectivity index (χ2v) is 5.37. The minimum atomic E-state index is -0.000779. The molecule has 1 rings (SSSR count). The molecule has 0 amide bonds. The molecular weight excluding hydrogens is 174 g/mol. The second-order valence-electron chi connectivity index (χ2n) is 5.37. The highest BCUT2D eigenvalue weighted by atomic mass is 16.5. The number of nitrogens with one attached hydrogen (secondary N) is 1. The molecule has 84 valence electrons. The maximum absolute atomic E-state index is 6.15. The predicted molar refractivity (Wildman–Crippen MR) is 60.6 cm³/mol. The van der Waals surface area contributed by atoms with Crippen LogP contribution in [0.3, 0.4) is 0 Å². The lowest BCUT2D eigenvalue weighted by atomic mass is 9.93. The first kappa shape index (κ1) is 12.0. The molecule has 1 fully saturated rings. The summed E-state index contributed by atoms with van der Waals surface area (Å²) in [5.74, 6) is 0. The van der Waals surface area contributed by atoms with E-state index in [1.165, 1.54) is 25.7 Å². The van der Waals surface area contributed by atoms with Crippen LogP contribution in [0.15, 0.2) is 0 Å². The highest BCUT2D eigenvalue weighted by Gasteiger charge is 2.36. The van der Waals surface area contributed by atoms with Gasteiger partial charge in [-0.2, -0.15) is 0 Å². The minimum absolute atomic E-state index is 0.000779. The maximum atomic E-state index is 6.15. The van der Waals surface area contributed by atoms with Crippen LogP contribution in [0.4, 0.5) is 0 Å². The van der Waals surface area contributed by atoms with E-state index in [1.807, 2.05) is 0 Å². The Balaban J connectivity index is 2.39. The Hall–Kier alpha value is -0.0800. The highest BCUT2D eigenvalue weighted by Crippen LogP contribution is 2.28. The van der Waals surface area contributed by atoms with Gasteiger partial charge in [0.15, 0.2) is 0 Å². The number of morpholine rings is 1. The van der Waals surface area contributed by atoms with Crippen molar-refractivity contribution in [1.82, 2.24) is 5.32 Å². The SMILES string of the molecule is CCCCCC1(C)CNCC(C)(C)O1. The number of unbranched alkanes of at least 4 members (excludes halogenated alkanes) is 2. The molecule has 1 aliphatic rings. The summed E-state index contributed by atoms with van der Waals surface area (Å²) in [6.45, 7) is 10.8. The molecule has 0 spiro atoms. The van der Waals surface area contributed by atoms with E-state index in [1.54, 1.807) is 0 Å². The Morgan fingerprint density at radius 1 is 1.14 bits per heavy atom. The summed E-state index contributed by atoms with van der Waals surface area (Å²) >= 11 is 0. The molecule has 1 saturated heterocycles. The normalized spacial score (nSPS) is 31.7. The molecule has 0 aromatic carbocycles. The first-order valence-corrected chi connectivity index (χ1v) is 5.88. The van der Waals surface area contributed by atoms with Crippen molar-refractivity contribution in [1.29, 1.82) is 0 Å². The fraction of sp³-hybridized carbons (Fsp3) is 1.00. The average molecular weight is 199 g/mol. The zero-order valence-electron chi connectivity index (χ0n) is 10.2. The maximum Gasteiger partial charge on any atom is 0.0786 e. The third-order valence-electron chi connectivity index (χ3n) is 2.88. The Morgan fingerprint density at radius 2 is 1.86 bits per heavy atom. The molecule has 1 heterocycles. The van der Waals surface area contributed by atoms with Gasteiger partial charge >= 0.3 is 0 Å². The van der Waals surface area contributed by atoms with Gasteiger partial charge in [0.1, 0.15) is 0 Å². The monoisotopic (exact) mass is 199 g/mol. The van der Waals surface area contributed by atoms with Crippen molar-refractivity contribution in [2.24, 2.45) is 0 Å². The van der Waals surface area contributed by atoms with Crippen molar-refractivity contribution >= 4 is 0 Å². The Labute approximate surface area is 88.4 Å². The highest BCUT2D eigenvalue weighted by molar-refractivity contribution is 4.89. The molecule has 2 heteroatoms. The molecule has 0 bridgehead atoms. The fourth-order valence-electron chi connectivity index (χ4n) is 2.26. The number of ether oxygens (including phenoxy) is 1. The van der Waals surface area contributed by atoms with Crippen LogP contribution >= 0.6 is 0 Å². The summed E-state index contributed by atoms with van der Waals surface area (Å²) in [6, 6.07) is 0. The van der Waals surface area contributed by atoms with Gasteiger partial charge in [-0.3, -0.25) is 0 Å². The van der Waals surface area contributed by atoms with Gasteiger partial charge in [-0.1, -0.05) is 26.2 Å². The van der Waals surface area contributed by atoms with Crippen LogP contribution in [0.2, 0.25) is 0 Å². The molecule has 0 aromatic heterocycles. The van der Waals surface area contributed by atoms with Crippen molar-refractivity contribution in [2.45, 2.75) is 64.6 Å². The predicted octanol–water partition coefficient (Wildman–Crippen LogP) is 2.72. The van der Waals surface area contributed by atoms with E-state index in [9.17, 15) is 0 Å². The third kappa shape index (κ3) is 3.58. The van der Waals surface area contributed by atoms with Gasteiger partial charge < -0.3 is 10.1 Å². The lowest BCUT2D eigenvalue weighted by Gasteiger charge is -2.44. The van der Waals surface area contributed by atoms with E-state index in [0.717, 1.165) is 13.1 Å². The molecule has 2 nitrogen and oxygen atoms in total. The lowest BCUT2D eigenvalue weighted by molar-refractivity contribution is -0.156. The zero-order valence-corrected chi connectivity index (χ0v) is 10.2. The van der Waals surface area contributed by atoms with Crippen molar-refractivity contribution in [3.05, 3.63) is 0 Å². The van der Waals surface area contributed by atoms with Crippen molar-refractivity contribution in [3.8, 4) is 0 Å². The molecule has 1 aliphatic heterocycles. The van der Waals surface area contributed by atoms with E-state index < -0.39 is 0 Å². The summed E-state index contributed by atoms with van der Waals surface area (Å²) in [7, 11) is 0. The van der Waals surface area contributed by atoms with Gasteiger partial charge in [0.25, 0.3) is 0 Å². The molecule has 0 aromatic rings. The van der Waals surface area contributed by atoms with Crippen LogP contribution in [0.5, 0.6) is 0 Å². The lowest BCUT2D eigenvalue weighted by Crippen LogP contribution is -2.56.